The van der Waals surface area contributed by atoms with Crippen LogP contribution in [0.3, 0.4) is 0 Å². The second-order valence-electron chi connectivity index (χ2n) is 3.95. The van der Waals surface area contributed by atoms with Crippen molar-refractivity contribution in [3.8, 4) is 0 Å². The van der Waals surface area contributed by atoms with E-state index in [0.29, 0.717) is 23.1 Å². The Morgan fingerprint density at radius 1 is 1.38 bits per heavy atom. The number of aliphatic hydroxyl groups excluding tert-OH is 1. The molecule has 5 heteroatoms. The largest absolute Gasteiger partial charge is 0.390 e. The molecule has 0 aliphatic carbocycles. The summed E-state index contributed by atoms with van der Waals surface area (Å²) in [7, 11) is 0. The van der Waals surface area contributed by atoms with Gasteiger partial charge in [-0.2, -0.15) is 0 Å². The molecule has 1 aromatic carbocycles. The molecule has 0 spiro atoms. The topological polar surface area (TPSA) is 44.3 Å². The minimum absolute atomic E-state index is 0.0896. The molecule has 16 heavy (non-hydrogen) atoms. The highest BCUT2D eigenvalue weighted by molar-refractivity contribution is 6.35. The second kappa shape index (κ2) is 5.34. The number of β-amino-alcohol motifs (C(OH)–C–C–N with tert-alkyl or cyclic N) is 1. The molecule has 88 valence electrons. The summed E-state index contributed by atoms with van der Waals surface area (Å²) < 4.78 is 0. The van der Waals surface area contributed by atoms with Gasteiger partial charge in [0.2, 0.25) is 0 Å². The zero-order valence-corrected chi connectivity index (χ0v) is 10.2. The number of nitrogens with one attached hydrogen (secondary N) is 2. The summed E-state index contributed by atoms with van der Waals surface area (Å²) in [6.45, 7) is 2.07. The SMILES string of the molecule is OC1CNCC1NCc1ccc(Cl)cc1Cl. The molecule has 3 N–H and O–H groups in total. The number of hydrogen-bond acceptors (Lipinski definition) is 3. The predicted octanol–water partition coefficient (Wildman–Crippen LogP) is 1.42. The van der Waals surface area contributed by atoms with Crippen molar-refractivity contribution in [2.75, 3.05) is 13.1 Å². The molecule has 1 fully saturated rings. The normalized spacial score (nSPS) is 24.9. The minimum atomic E-state index is -0.328. The molecule has 0 aromatic heterocycles. The van der Waals surface area contributed by atoms with Crippen molar-refractivity contribution in [2.24, 2.45) is 0 Å². The van der Waals surface area contributed by atoms with Crippen molar-refractivity contribution >= 4 is 23.2 Å². The van der Waals surface area contributed by atoms with Gasteiger partial charge in [-0.05, 0) is 17.7 Å². The molecule has 2 atom stereocenters. The van der Waals surface area contributed by atoms with E-state index in [-0.39, 0.29) is 12.1 Å². The molecule has 2 unspecified atom stereocenters. The molecule has 3 nitrogen and oxygen atoms in total. The monoisotopic (exact) mass is 260 g/mol. The molecule has 0 radical (unpaired) electrons. The van der Waals surface area contributed by atoms with Gasteiger partial charge >= 0.3 is 0 Å². The first-order valence-corrected chi connectivity index (χ1v) is 5.98. The third kappa shape index (κ3) is 2.87. The Hall–Kier alpha value is -0.320. The first-order valence-electron chi connectivity index (χ1n) is 5.23. The number of rotatable bonds is 3. The Morgan fingerprint density at radius 3 is 2.81 bits per heavy atom. The molecule has 1 aliphatic rings. The van der Waals surface area contributed by atoms with E-state index in [1.54, 1.807) is 6.07 Å². The van der Waals surface area contributed by atoms with Crippen molar-refractivity contribution in [2.45, 2.75) is 18.7 Å². The van der Waals surface area contributed by atoms with E-state index in [2.05, 4.69) is 10.6 Å². The standard InChI is InChI=1S/C11H14Cl2N2O/c12-8-2-1-7(9(13)3-8)4-15-10-5-14-6-11(10)16/h1-3,10-11,14-16H,4-6H2. The summed E-state index contributed by atoms with van der Waals surface area (Å²) in [5.74, 6) is 0. The lowest BCUT2D eigenvalue weighted by molar-refractivity contribution is 0.162. The highest BCUT2D eigenvalue weighted by Crippen LogP contribution is 2.20. The van der Waals surface area contributed by atoms with Gasteiger partial charge in [0.25, 0.3) is 0 Å². The van der Waals surface area contributed by atoms with Crippen molar-refractivity contribution in [3.05, 3.63) is 33.8 Å². The van der Waals surface area contributed by atoms with Crippen LogP contribution in [0.4, 0.5) is 0 Å². The van der Waals surface area contributed by atoms with Gasteiger partial charge < -0.3 is 15.7 Å². The number of benzene rings is 1. The lowest BCUT2D eigenvalue weighted by Crippen LogP contribution is -2.38. The molecule has 1 aromatic rings. The molecule has 2 rings (SSSR count). The van der Waals surface area contributed by atoms with Crippen LogP contribution in [0.2, 0.25) is 10.0 Å². The predicted molar refractivity (Wildman–Crippen MR) is 66.0 cm³/mol. The maximum absolute atomic E-state index is 9.60. The van der Waals surface area contributed by atoms with E-state index in [9.17, 15) is 5.11 Å². The fraction of sp³-hybridized carbons (Fsp3) is 0.455. The Kier molecular flexibility index (Phi) is 4.05. The fourth-order valence-electron chi connectivity index (χ4n) is 1.78. The summed E-state index contributed by atoms with van der Waals surface area (Å²) in [5.41, 5.74) is 0.991. The van der Waals surface area contributed by atoms with Crippen LogP contribution in [0.15, 0.2) is 18.2 Å². The van der Waals surface area contributed by atoms with Crippen molar-refractivity contribution in [3.63, 3.8) is 0 Å². The van der Waals surface area contributed by atoms with Gasteiger partial charge in [0.15, 0.2) is 0 Å². The Bertz CT molecular complexity index is 373. The molecule has 1 aliphatic heterocycles. The van der Waals surface area contributed by atoms with Crippen molar-refractivity contribution < 1.29 is 5.11 Å². The first-order chi connectivity index (χ1) is 7.66. The zero-order chi connectivity index (χ0) is 11.5. The zero-order valence-electron chi connectivity index (χ0n) is 8.71. The Morgan fingerprint density at radius 2 is 2.19 bits per heavy atom. The molecular weight excluding hydrogens is 247 g/mol. The van der Waals surface area contributed by atoms with Crippen molar-refractivity contribution in [1.29, 1.82) is 0 Å². The summed E-state index contributed by atoms with van der Waals surface area (Å²) >= 11 is 11.9. The molecule has 0 bridgehead atoms. The van der Waals surface area contributed by atoms with Gasteiger partial charge in [0.1, 0.15) is 0 Å². The number of halogens is 2. The van der Waals surface area contributed by atoms with E-state index in [1.165, 1.54) is 0 Å². The van der Waals surface area contributed by atoms with Gasteiger partial charge in [-0.25, -0.2) is 0 Å². The summed E-state index contributed by atoms with van der Waals surface area (Å²) in [5, 5.41) is 17.3. The molecular formula is C11H14Cl2N2O. The van der Waals surface area contributed by atoms with Crippen LogP contribution in [0, 0.1) is 0 Å². The van der Waals surface area contributed by atoms with Crippen molar-refractivity contribution in [1.82, 2.24) is 10.6 Å². The third-order valence-corrected chi connectivity index (χ3v) is 3.34. The highest BCUT2D eigenvalue weighted by Gasteiger charge is 2.24. The first kappa shape index (κ1) is 12.1. The van der Waals surface area contributed by atoms with Gasteiger partial charge in [-0.15, -0.1) is 0 Å². The van der Waals surface area contributed by atoms with Crippen LogP contribution >= 0.6 is 23.2 Å². The van der Waals surface area contributed by atoms with Crippen LogP contribution in [-0.4, -0.2) is 30.3 Å². The van der Waals surface area contributed by atoms with Crippen LogP contribution in [0.1, 0.15) is 5.56 Å². The quantitative estimate of drug-likeness (QED) is 0.771. The fourth-order valence-corrected chi connectivity index (χ4v) is 2.25. The lowest BCUT2D eigenvalue weighted by Gasteiger charge is -2.15. The Balaban J connectivity index is 1.94. The second-order valence-corrected chi connectivity index (χ2v) is 4.79. The van der Waals surface area contributed by atoms with Crippen LogP contribution in [0.5, 0.6) is 0 Å². The lowest BCUT2D eigenvalue weighted by atomic mass is 10.2. The van der Waals surface area contributed by atoms with E-state index < -0.39 is 0 Å². The van der Waals surface area contributed by atoms with Gasteiger partial charge in [0.05, 0.1) is 6.10 Å². The van der Waals surface area contributed by atoms with Gasteiger partial charge in [0, 0.05) is 35.7 Å². The maximum Gasteiger partial charge on any atom is 0.0829 e. The maximum atomic E-state index is 9.60. The van der Waals surface area contributed by atoms with E-state index in [1.807, 2.05) is 12.1 Å². The van der Waals surface area contributed by atoms with E-state index in [4.69, 9.17) is 23.2 Å². The van der Waals surface area contributed by atoms with E-state index in [0.717, 1.165) is 12.1 Å². The molecule has 1 heterocycles. The average Bonchev–Trinajstić information content (AvgIpc) is 2.63. The summed E-state index contributed by atoms with van der Waals surface area (Å²) in [4.78, 5) is 0. The smallest absolute Gasteiger partial charge is 0.0829 e. The van der Waals surface area contributed by atoms with E-state index >= 15 is 0 Å². The van der Waals surface area contributed by atoms with Crippen LogP contribution in [-0.2, 0) is 6.54 Å². The van der Waals surface area contributed by atoms with Crippen LogP contribution < -0.4 is 10.6 Å². The third-order valence-electron chi connectivity index (χ3n) is 2.75. The Labute approximate surface area is 105 Å². The molecule has 0 amide bonds. The molecule has 0 saturated carbocycles. The van der Waals surface area contributed by atoms with Gasteiger partial charge in [-0.3, -0.25) is 0 Å². The number of hydrogen-bond donors (Lipinski definition) is 3. The molecule has 1 saturated heterocycles. The summed E-state index contributed by atoms with van der Waals surface area (Å²) in [6.07, 6.45) is -0.328. The van der Waals surface area contributed by atoms with Crippen LogP contribution in [0.25, 0.3) is 0 Å². The summed E-state index contributed by atoms with van der Waals surface area (Å²) in [6, 6.07) is 5.52. The minimum Gasteiger partial charge on any atom is -0.390 e. The average molecular weight is 261 g/mol. The highest BCUT2D eigenvalue weighted by atomic mass is 35.5. The number of aliphatic hydroxyl groups is 1. The van der Waals surface area contributed by atoms with Gasteiger partial charge in [-0.1, -0.05) is 29.3 Å².